The molecule has 1 rings (SSSR count). The van der Waals surface area contributed by atoms with E-state index in [0.29, 0.717) is 13.0 Å². The number of ether oxygens (including phenoxy) is 2. The Bertz CT molecular complexity index is 410. The van der Waals surface area contributed by atoms with Crippen LogP contribution in [0.15, 0.2) is 12.1 Å². The van der Waals surface area contributed by atoms with Crippen LogP contribution in [0.4, 0.5) is 13.2 Å². The first-order chi connectivity index (χ1) is 8.37. The molecule has 0 amide bonds. The third kappa shape index (κ3) is 4.27. The summed E-state index contributed by atoms with van der Waals surface area (Å²) in [6.45, 7) is -1.01. The van der Waals surface area contributed by atoms with Crippen LogP contribution in [0, 0.1) is 0 Å². The summed E-state index contributed by atoms with van der Waals surface area (Å²) in [6, 6.07) is 3.08. The van der Waals surface area contributed by atoms with E-state index < -0.39 is 12.8 Å². The number of nitrogens with two attached hydrogens (primary N) is 1. The Kier molecular flexibility index (Phi) is 5.10. The molecule has 18 heavy (non-hydrogen) atoms. The Labute approximate surface area is 108 Å². The van der Waals surface area contributed by atoms with Crippen molar-refractivity contribution in [1.29, 1.82) is 0 Å². The number of rotatable bonds is 5. The van der Waals surface area contributed by atoms with Gasteiger partial charge < -0.3 is 15.2 Å². The first-order valence-corrected chi connectivity index (χ1v) is 5.51. The van der Waals surface area contributed by atoms with Crippen molar-refractivity contribution < 1.29 is 22.6 Å². The van der Waals surface area contributed by atoms with Gasteiger partial charge in [-0.05, 0) is 30.7 Å². The van der Waals surface area contributed by atoms with Gasteiger partial charge in [0.05, 0.1) is 12.1 Å². The lowest BCUT2D eigenvalue weighted by molar-refractivity contribution is -0.153. The number of hydrogen-bond donors (Lipinski definition) is 1. The lowest BCUT2D eigenvalue weighted by Gasteiger charge is -2.15. The van der Waals surface area contributed by atoms with Crippen LogP contribution in [-0.2, 0) is 6.42 Å². The van der Waals surface area contributed by atoms with Crippen molar-refractivity contribution in [3.8, 4) is 11.5 Å². The van der Waals surface area contributed by atoms with Crippen LogP contribution in [-0.4, -0.2) is 26.4 Å². The molecule has 0 saturated carbocycles. The van der Waals surface area contributed by atoms with E-state index >= 15 is 0 Å². The molecule has 0 saturated heterocycles. The smallest absolute Gasteiger partial charge is 0.422 e. The quantitative estimate of drug-likeness (QED) is 0.904. The largest absolute Gasteiger partial charge is 0.493 e. The summed E-state index contributed by atoms with van der Waals surface area (Å²) in [6.07, 6.45) is -3.88. The van der Waals surface area contributed by atoms with Gasteiger partial charge >= 0.3 is 6.18 Å². The molecule has 0 atom stereocenters. The number of alkyl halides is 3. The molecule has 0 aliphatic carbocycles. The number of hydrogen-bond acceptors (Lipinski definition) is 3. The maximum atomic E-state index is 12.1. The van der Waals surface area contributed by atoms with E-state index in [1.807, 2.05) is 0 Å². The van der Waals surface area contributed by atoms with Gasteiger partial charge in [-0.1, -0.05) is 11.6 Å². The molecule has 0 aromatic heterocycles. The van der Waals surface area contributed by atoms with E-state index in [9.17, 15) is 13.2 Å². The Balaban J connectivity index is 2.96. The van der Waals surface area contributed by atoms with Crippen LogP contribution in [0.1, 0.15) is 5.56 Å². The second-order valence-corrected chi connectivity index (χ2v) is 3.96. The fourth-order valence-corrected chi connectivity index (χ4v) is 1.67. The molecular weight excluding hydrogens is 271 g/mol. The van der Waals surface area contributed by atoms with Crippen LogP contribution in [0.3, 0.4) is 0 Å². The van der Waals surface area contributed by atoms with Gasteiger partial charge in [-0.3, -0.25) is 0 Å². The fourth-order valence-electron chi connectivity index (χ4n) is 1.38. The SMILES string of the molecule is COc1cc(CCN)cc(Cl)c1OCC(F)(F)F. The predicted molar refractivity (Wildman–Crippen MR) is 62.3 cm³/mol. The third-order valence-corrected chi connectivity index (χ3v) is 2.38. The molecule has 0 fully saturated rings. The average molecular weight is 284 g/mol. The lowest BCUT2D eigenvalue weighted by Crippen LogP contribution is -2.19. The third-order valence-electron chi connectivity index (χ3n) is 2.10. The molecule has 1 aromatic carbocycles. The van der Waals surface area contributed by atoms with Crippen molar-refractivity contribution in [2.24, 2.45) is 5.73 Å². The highest BCUT2D eigenvalue weighted by Gasteiger charge is 2.29. The van der Waals surface area contributed by atoms with Crippen LogP contribution >= 0.6 is 11.6 Å². The van der Waals surface area contributed by atoms with Crippen molar-refractivity contribution in [2.75, 3.05) is 20.3 Å². The monoisotopic (exact) mass is 283 g/mol. The van der Waals surface area contributed by atoms with Crippen LogP contribution in [0.25, 0.3) is 0 Å². The van der Waals surface area contributed by atoms with Gasteiger partial charge in [0.15, 0.2) is 18.1 Å². The fraction of sp³-hybridized carbons (Fsp3) is 0.455. The molecule has 1 aromatic rings. The zero-order chi connectivity index (χ0) is 13.8. The Morgan fingerprint density at radius 1 is 1.33 bits per heavy atom. The minimum atomic E-state index is -4.43. The standard InChI is InChI=1S/C11H13ClF3NO2/c1-17-9-5-7(2-3-16)4-8(12)10(9)18-6-11(13,14)15/h4-5H,2-3,6,16H2,1H3. The summed E-state index contributed by atoms with van der Waals surface area (Å²) in [5, 5.41) is 0.0713. The Hall–Kier alpha value is -1.14. The summed E-state index contributed by atoms with van der Waals surface area (Å²) in [5.41, 5.74) is 6.17. The van der Waals surface area contributed by atoms with E-state index in [0.717, 1.165) is 5.56 Å². The van der Waals surface area contributed by atoms with E-state index in [1.165, 1.54) is 13.2 Å². The summed E-state index contributed by atoms with van der Waals surface area (Å²) in [7, 11) is 1.33. The van der Waals surface area contributed by atoms with Crippen LogP contribution in [0.2, 0.25) is 5.02 Å². The minimum absolute atomic E-state index is 0.0713. The maximum absolute atomic E-state index is 12.1. The van der Waals surface area contributed by atoms with E-state index in [4.69, 9.17) is 22.1 Å². The summed E-state index contributed by atoms with van der Waals surface area (Å²) in [4.78, 5) is 0. The molecule has 0 bridgehead atoms. The Morgan fingerprint density at radius 2 is 2.00 bits per heavy atom. The first kappa shape index (κ1) is 14.9. The van der Waals surface area contributed by atoms with Gasteiger partial charge in [0.2, 0.25) is 0 Å². The van der Waals surface area contributed by atoms with Crippen molar-refractivity contribution in [3.63, 3.8) is 0 Å². The van der Waals surface area contributed by atoms with E-state index in [2.05, 4.69) is 4.74 Å². The average Bonchev–Trinajstić information content (AvgIpc) is 2.26. The maximum Gasteiger partial charge on any atom is 0.422 e. The molecule has 0 heterocycles. The molecule has 0 radical (unpaired) electrons. The van der Waals surface area contributed by atoms with Gasteiger partial charge in [0, 0.05) is 0 Å². The number of halogens is 4. The molecular formula is C11H13ClF3NO2. The predicted octanol–water partition coefficient (Wildman–Crippen LogP) is 2.79. The Morgan fingerprint density at radius 3 is 2.50 bits per heavy atom. The van der Waals surface area contributed by atoms with E-state index in [-0.39, 0.29) is 16.5 Å². The normalized spacial score (nSPS) is 11.4. The van der Waals surface area contributed by atoms with Crippen molar-refractivity contribution >= 4 is 11.6 Å². The highest BCUT2D eigenvalue weighted by Crippen LogP contribution is 2.37. The van der Waals surface area contributed by atoms with Crippen LogP contribution < -0.4 is 15.2 Å². The molecule has 102 valence electrons. The zero-order valence-corrected chi connectivity index (χ0v) is 10.4. The second-order valence-electron chi connectivity index (χ2n) is 3.55. The molecule has 2 N–H and O–H groups in total. The van der Waals surface area contributed by atoms with Crippen molar-refractivity contribution in [2.45, 2.75) is 12.6 Å². The summed E-state index contributed by atoms with van der Waals surface area (Å²) in [5.74, 6) is 0.0486. The second kappa shape index (κ2) is 6.15. The van der Waals surface area contributed by atoms with Gasteiger partial charge in [-0.25, -0.2) is 0 Å². The zero-order valence-electron chi connectivity index (χ0n) is 9.68. The highest BCUT2D eigenvalue weighted by atomic mass is 35.5. The number of methoxy groups -OCH3 is 1. The van der Waals surface area contributed by atoms with Crippen molar-refractivity contribution in [1.82, 2.24) is 0 Å². The van der Waals surface area contributed by atoms with Gasteiger partial charge in [-0.15, -0.1) is 0 Å². The molecule has 0 aliphatic rings. The van der Waals surface area contributed by atoms with Gasteiger partial charge in [0.25, 0.3) is 0 Å². The topological polar surface area (TPSA) is 44.5 Å². The number of benzene rings is 1. The summed E-state index contributed by atoms with van der Waals surface area (Å²) < 4.78 is 45.9. The minimum Gasteiger partial charge on any atom is -0.493 e. The van der Waals surface area contributed by atoms with Gasteiger partial charge in [0.1, 0.15) is 0 Å². The van der Waals surface area contributed by atoms with E-state index in [1.54, 1.807) is 6.07 Å². The molecule has 0 unspecified atom stereocenters. The molecule has 7 heteroatoms. The molecule has 0 aliphatic heterocycles. The van der Waals surface area contributed by atoms with Crippen molar-refractivity contribution in [3.05, 3.63) is 22.7 Å². The van der Waals surface area contributed by atoms with Gasteiger partial charge in [-0.2, -0.15) is 13.2 Å². The van der Waals surface area contributed by atoms with Crippen LogP contribution in [0.5, 0.6) is 11.5 Å². The summed E-state index contributed by atoms with van der Waals surface area (Å²) >= 11 is 5.86. The molecule has 3 nitrogen and oxygen atoms in total. The lowest BCUT2D eigenvalue weighted by atomic mass is 10.1. The highest BCUT2D eigenvalue weighted by molar-refractivity contribution is 6.32. The first-order valence-electron chi connectivity index (χ1n) is 5.13. The molecule has 0 spiro atoms.